The zero-order valence-corrected chi connectivity index (χ0v) is 18.8. The van der Waals surface area contributed by atoms with Gasteiger partial charge >= 0.3 is 0 Å². The van der Waals surface area contributed by atoms with E-state index in [4.69, 9.17) is 32.7 Å². The number of nitriles is 1. The van der Waals surface area contributed by atoms with E-state index in [0.29, 0.717) is 39.4 Å². The molecule has 1 amide bonds. The lowest BCUT2D eigenvalue weighted by atomic mass is 10.1. The minimum Gasteiger partial charge on any atom is -0.494 e. The largest absolute Gasteiger partial charge is 0.494 e. The number of hydrogen-bond donors (Lipinski definition) is 1. The van der Waals surface area contributed by atoms with Crippen molar-refractivity contribution in [3.05, 3.63) is 93.5 Å². The van der Waals surface area contributed by atoms with Gasteiger partial charge in [-0.1, -0.05) is 47.5 Å². The molecule has 0 bridgehead atoms. The van der Waals surface area contributed by atoms with Crippen LogP contribution in [0.15, 0.2) is 72.3 Å². The van der Waals surface area contributed by atoms with Gasteiger partial charge in [0.15, 0.2) is 0 Å². The van der Waals surface area contributed by atoms with Crippen LogP contribution >= 0.6 is 23.2 Å². The molecule has 1 N–H and O–H groups in total. The maximum atomic E-state index is 12.6. The Labute approximate surface area is 196 Å². The van der Waals surface area contributed by atoms with Crippen molar-refractivity contribution in [3.8, 4) is 17.6 Å². The molecule has 0 spiro atoms. The predicted octanol–water partition coefficient (Wildman–Crippen LogP) is 6.52. The molecule has 3 rings (SSSR count). The van der Waals surface area contributed by atoms with Crippen molar-refractivity contribution in [2.24, 2.45) is 0 Å². The van der Waals surface area contributed by atoms with Crippen LogP contribution in [0.2, 0.25) is 10.0 Å². The van der Waals surface area contributed by atoms with Crippen molar-refractivity contribution in [1.29, 1.82) is 5.26 Å². The van der Waals surface area contributed by atoms with E-state index in [1.54, 1.807) is 60.7 Å². The Hall–Kier alpha value is -3.46. The van der Waals surface area contributed by atoms with Crippen LogP contribution in [0.25, 0.3) is 6.08 Å². The number of anilines is 1. The lowest BCUT2D eigenvalue weighted by molar-refractivity contribution is -0.112. The smallest absolute Gasteiger partial charge is 0.266 e. The fourth-order valence-electron chi connectivity index (χ4n) is 2.83. The third kappa shape index (κ3) is 6.27. The normalized spacial score (nSPS) is 10.9. The van der Waals surface area contributed by atoms with E-state index in [1.807, 2.05) is 19.1 Å². The summed E-state index contributed by atoms with van der Waals surface area (Å²) in [5, 5.41) is 13.3. The first-order valence-corrected chi connectivity index (χ1v) is 10.6. The van der Waals surface area contributed by atoms with Crippen LogP contribution in [-0.4, -0.2) is 12.5 Å². The molecule has 0 saturated carbocycles. The Morgan fingerprint density at radius 1 is 1.06 bits per heavy atom. The number of ether oxygens (including phenoxy) is 2. The van der Waals surface area contributed by atoms with Gasteiger partial charge in [-0.3, -0.25) is 4.79 Å². The molecule has 3 aromatic rings. The van der Waals surface area contributed by atoms with E-state index in [2.05, 4.69) is 5.32 Å². The first-order chi connectivity index (χ1) is 15.5. The number of halogens is 2. The van der Waals surface area contributed by atoms with Gasteiger partial charge in [-0.2, -0.15) is 5.26 Å². The van der Waals surface area contributed by atoms with Gasteiger partial charge in [0.25, 0.3) is 5.91 Å². The van der Waals surface area contributed by atoms with Crippen LogP contribution in [0, 0.1) is 11.3 Å². The standard InChI is InChI=1S/C25H20Cl2N2O3/c1-2-31-22-11-9-21(10-12-22)29-25(30)19(15-28)13-17-5-3-4-6-24(17)32-16-18-7-8-20(26)14-23(18)27/h3-14H,2,16H2,1H3,(H,29,30)/b19-13+. The molecule has 3 aromatic carbocycles. The van der Waals surface area contributed by atoms with Crippen LogP contribution in [-0.2, 0) is 11.4 Å². The van der Waals surface area contributed by atoms with Crippen molar-refractivity contribution in [1.82, 2.24) is 0 Å². The minimum atomic E-state index is -0.521. The maximum Gasteiger partial charge on any atom is 0.266 e. The van der Waals surface area contributed by atoms with Gasteiger partial charge in [0, 0.05) is 26.9 Å². The second-order valence-electron chi connectivity index (χ2n) is 6.64. The van der Waals surface area contributed by atoms with Crippen molar-refractivity contribution < 1.29 is 14.3 Å². The van der Waals surface area contributed by atoms with Crippen molar-refractivity contribution in [2.75, 3.05) is 11.9 Å². The summed E-state index contributed by atoms with van der Waals surface area (Å²) in [5.74, 6) is 0.695. The molecular formula is C25H20Cl2N2O3. The summed E-state index contributed by atoms with van der Waals surface area (Å²) in [6.45, 7) is 2.66. The van der Waals surface area contributed by atoms with Crippen molar-refractivity contribution in [3.63, 3.8) is 0 Å². The summed E-state index contributed by atoms with van der Waals surface area (Å²) in [6, 6.07) is 21.2. The fourth-order valence-corrected chi connectivity index (χ4v) is 3.29. The van der Waals surface area contributed by atoms with E-state index >= 15 is 0 Å². The molecule has 5 nitrogen and oxygen atoms in total. The molecule has 0 fully saturated rings. The lowest BCUT2D eigenvalue weighted by Crippen LogP contribution is -2.13. The number of nitrogens with zero attached hydrogens (tertiary/aromatic N) is 1. The summed E-state index contributed by atoms with van der Waals surface area (Å²) < 4.78 is 11.3. The lowest BCUT2D eigenvalue weighted by Gasteiger charge is -2.11. The molecule has 0 aliphatic carbocycles. The highest BCUT2D eigenvalue weighted by atomic mass is 35.5. The molecule has 0 aliphatic heterocycles. The van der Waals surface area contributed by atoms with E-state index in [0.717, 1.165) is 5.56 Å². The van der Waals surface area contributed by atoms with E-state index in [9.17, 15) is 10.1 Å². The molecule has 0 radical (unpaired) electrons. The van der Waals surface area contributed by atoms with Crippen molar-refractivity contribution in [2.45, 2.75) is 13.5 Å². The number of rotatable bonds is 8. The van der Waals surface area contributed by atoms with Gasteiger partial charge in [-0.15, -0.1) is 0 Å². The van der Waals surface area contributed by atoms with Gasteiger partial charge in [-0.25, -0.2) is 0 Å². The predicted molar refractivity (Wildman–Crippen MR) is 127 cm³/mol. The molecule has 0 saturated heterocycles. The van der Waals surface area contributed by atoms with Gasteiger partial charge in [0.1, 0.15) is 29.7 Å². The summed E-state index contributed by atoms with van der Waals surface area (Å²) in [6.07, 6.45) is 1.49. The van der Waals surface area contributed by atoms with E-state index < -0.39 is 5.91 Å². The van der Waals surface area contributed by atoms with E-state index in [1.165, 1.54) is 6.08 Å². The van der Waals surface area contributed by atoms with Crippen LogP contribution in [0.5, 0.6) is 11.5 Å². The highest BCUT2D eigenvalue weighted by Crippen LogP contribution is 2.26. The SMILES string of the molecule is CCOc1ccc(NC(=O)/C(C#N)=C/c2ccccc2OCc2ccc(Cl)cc2Cl)cc1. The number of benzene rings is 3. The highest BCUT2D eigenvalue weighted by Gasteiger charge is 2.12. The number of carbonyl (C=O) groups excluding carboxylic acids is 1. The topological polar surface area (TPSA) is 71.3 Å². The third-order valence-corrected chi connectivity index (χ3v) is 4.99. The first kappa shape index (κ1) is 23.2. The van der Waals surface area contributed by atoms with Crippen LogP contribution in [0.3, 0.4) is 0 Å². The second kappa shape index (κ2) is 11.2. The summed E-state index contributed by atoms with van der Waals surface area (Å²) >= 11 is 12.1. The number of hydrogen-bond acceptors (Lipinski definition) is 4. The average Bonchev–Trinajstić information content (AvgIpc) is 2.79. The van der Waals surface area contributed by atoms with Crippen LogP contribution < -0.4 is 14.8 Å². The molecule has 0 unspecified atom stereocenters. The number of amides is 1. The zero-order valence-electron chi connectivity index (χ0n) is 17.3. The minimum absolute atomic E-state index is 0.0561. The molecule has 162 valence electrons. The maximum absolute atomic E-state index is 12.6. The Bertz CT molecular complexity index is 1170. The Balaban J connectivity index is 1.75. The number of nitrogens with one attached hydrogen (secondary N) is 1. The zero-order chi connectivity index (χ0) is 22.9. The number of carbonyl (C=O) groups is 1. The Kier molecular flexibility index (Phi) is 8.15. The van der Waals surface area contributed by atoms with Gasteiger partial charge in [0.2, 0.25) is 0 Å². The summed E-state index contributed by atoms with van der Waals surface area (Å²) in [7, 11) is 0. The van der Waals surface area contributed by atoms with Crippen LogP contribution in [0.1, 0.15) is 18.1 Å². The molecule has 32 heavy (non-hydrogen) atoms. The molecular weight excluding hydrogens is 447 g/mol. The average molecular weight is 467 g/mol. The molecule has 0 aliphatic rings. The molecule has 7 heteroatoms. The molecule has 0 atom stereocenters. The quantitative estimate of drug-likeness (QED) is 0.303. The Morgan fingerprint density at radius 3 is 2.50 bits per heavy atom. The number of para-hydroxylation sites is 1. The third-order valence-electron chi connectivity index (χ3n) is 4.41. The van der Waals surface area contributed by atoms with Gasteiger partial charge in [-0.05, 0) is 55.5 Å². The Morgan fingerprint density at radius 2 is 1.81 bits per heavy atom. The van der Waals surface area contributed by atoms with Gasteiger partial charge < -0.3 is 14.8 Å². The second-order valence-corrected chi connectivity index (χ2v) is 7.49. The van der Waals surface area contributed by atoms with Crippen molar-refractivity contribution >= 4 is 40.9 Å². The van der Waals surface area contributed by atoms with E-state index in [-0.39, 0.29) is 12.2 Å². The fraction of sp³-hybridized carbons (Fsp3) is 0.120. The highest BCUT2D eigenvalue weighted by molar-refractivity contribution is 6.35. The summed E-state index contributed by atoms with van der Waals surface area (Å²) in [5.41, 5.74) is 1.86. The molecule has 0 aromatic heterocycles. The van der Waals surface area contributed by atoms with Gasteiger partial charge in [0.05, 0.1) is 6.61 Å². The first-order valence-electron chi connectivity index (χ1n) is 9.82. The summed E-state index contributed by atoms with van der Waals surface area (Å²) in [4.78, 5) is 12.6. The molecule has 0 heterocycles. The van der Waals surface area contributed by atoms with Crippen LogP contribution in [0.4, 0.5) is 5.69 Å². The monoisotopic (exact) mass is 466 g/mol.